The van der Waals surface area contributed by atoms with Crippen molar-refractivity contribution in [2.24, 2.45) is 0 Å². The Hall–Kier alpha value is -1.55. The summed E-state index contributed by atoms with van der Waals surface area (Å²) in [7, 11) is 0. The molecule has 2 bridgehead atoms. The number of fused-ring (bicyclic) bond motifs is 2. The predicted molar refractivity (Wildman–Crippen MR) is 91.8 cm³/mol. The fourth-order valence-electron chi connectivity index (χ4n) is 3.69. The van der Waals surface area contributed by atoms with Crippen LogP contribution in [0.5, 0.6) is 5.75 Å². The average Bonchev–Trinajstić information content (AvgIpc) is 2.86. The number of nitrogens with one attached hydrogen (secondary N) is 2. The third-order valence-electron chi connectivity index (χ3n) is 4.98. The van der Waals surface area contributed by atoms with Crippen molar-refractivity contribution in [1.82, 2.24) is 10.6 Å². The van der Waals surface area contributed by atoms with E-state index >= 15 is 0 Å². The second kappa shape index (κ2) is 7.35. The van der Waals surface area contributed by atoms with Crippen molar-refractivity contribution < 1.29 is 9.53 Å². The Balaban J connectivity index is 1.37. The van der Waals surface area contributed by atoms with Gasteiger partial charge in [-0.3, -0.25) is 4.79 Å². The van der Waals surface area contributed by atoms with Crippen LogP contribution in [0.4, 0.5) is 0 Å². The minimum Gasteiger partial charge on any atom is -0.493 e. The second-order valence-corrected chi connectivity index (χ2v) is 7.20. The van der Waals surface area contributed by atoms with Gasteiger partial charge in [0.1, 0.15) is 5.75 Å². The first-order valence-electron chi connectivity index (χ1n) is 8.88. The zero-order chi connectivity index (χ0) is 16.2. The van der Waals surface area contributed by atoms with Crippen molar-refractivity contribution in [3.05, 3.63) is 29.8 Å². The van der Waals surface area contributed by atoms with Gasteiger partial charge in [-0.05, 0) is 49.3 Å². The molecule has 1 aromatic carbocycles. The van der Waals surface area contributed by atoms with Crippen molar-refractivity contribution in [2.45, 2.75) is 70.0 Å². The molecule has 3 rings (SSSR count). The van der Waals surface area contributed by atoms with Crippen molar-refractivity contribution in [1.29, 1.82) is 0 Å². The largest absolute Gasteiger partial charge is 0.493 e. The number of benzene rings is 1. The molecule has 4 nitrogen and oxygen atoms in total. The van der Waals surface area contributed by atoms with E-state index in [0.717, 1.165) is 18.6 Å². The number of ether oxygens (including phenoxy) is 1. The van der Waals surface area contributed by atoms with Crippen LogP contribution in [-0.2, 0) is 4.79 Å². The predicted octanol–water partition coefficient (Wildman–Crippen LogP) is 2.98. The van der Waals surface area contributed by atoms with E-state index in [-0.39, 0.29) is 5.91 Å². The lowest BCUT2D eigenvalue weighted by Crippen LogP contribution is -2.48. The topological polar surface area (TPSA) is 50.4 Å². The average molecular weight is 316 g/mol. The quantitative estimate of drug-likeness (QED) is 0.848. The van der Waals surface area contributed by atoms with E-state index in [9.17, 15) is 4.79 Å². The smallest absolute Gasteiger partial charge is 0.223 e. The Morgan fingerprint density at radius 3 is 2.48 bits per heavy atom. The molecule has 2 atom stereocenters. The van der Waals surface area contributed by atoms with Crippen molar-refractivity contribution in [3.63, 3.8) is 0 Å². The standard InChI is InChI=1S/C19H28N2O2/c1-13(2)14-3-7-18(8-4-14)23-10-9-19(22)21-17-11-15-5-6-16(12-17)20-15/h3-4,7-8,13,15-17,20H,5-6,9-12H2,1-2H3,(H,21,22). The van der Waals surface area contributed by atoms with Gasteiger partial charge in [-0.1, -0.05) is 26.0 Å². The Morgan fingerprint density at radius 2 is 1.87 bits per heavy atom. The lowest BCUT2D eigenvalue weighted by atomic mass is 10.00. The maximum atomic E-state index is 12.1. The van der Waals surface area contributed by atoms with Gasteiger partial charge in [-0.2, -0.15) is 0 Å². The van der Waals surface area contributed by atoms with Crippen LogP contribution in [0.15, 0.2) is 24.3 Å². The molecule has 2 N–H and O–H groups in total. The van der Waals surface area contributed by atoms with Crippen molar-refractivity contribution in [3.8, 4) is 5.75 Å². The Kier molecular flexibility index (Phi) is 5.21. The monoisotopic (exact) mass is 316 g/mol. The molecule has 0 saturated carbocycles. The van der Waals surface area contributed by atoms with Crippen LogP contribution in [0.3, 0.4) is 0 Å². The van der Waals surface area contributed by atoms with Crippen molar-refractivity contribution in [2.75, 3.05) is 6.61 Å². The number of amides is 1. The summed E-state index contributed by atoms with van der Waals surface area (Å²) in [4.78, 5) is 12.1. The van der Waals surface area contributed by atoms with Crippen LogP contribution in [0, 0.1) is 0 Å². The summed E-state index contributed by atoms with van der Waals surface area (Å²) in [5.74, 6) is 1.47. The molecule has 1 amide bonds. The Bertz CT molecular complexity index is 515. The zero-order valence-electron chi connectivity index (χ0n) is 14.2. The molecule has 2 aliphatic rings. The summed E-state index contributed by atoms with van der Waals surface area (Å²) < 4.78 is 5.68. The minimum atomic E-state index is 0.107. The molecule has 0 spiro atoms. The Morgan fingerprint density at radius 1 is 1.22 bits per heavy atom. The lowest BCUT2D eigenvalue weighted by molar-refractivity contribution is -0.122. The van der Waals surface area contributed by atoms with Gasteiger partial charge < -0.3 is 15.4 Å². The minimum absolute atomic E-state index is 0.107. The maximum Gasteiger partial charge on any atom is 0.223 e. The summed E-state index contributed by atoms with van der Waals surface area (Å²) in [6.45, 7) is 4.78. The highest BCUT2D eigenvalue weighted by Crippen LogP contribution is 2.26. The summed E-state index contributed by atoms with van der Waals surface area (Å²) in [5, 5.41) is 6.77. The van der Waals surface area contributed by atoms with Gasteiger partial charge in [0.25, 0.3) is 0 Å². The van der Waals surface area contributed by atoms with E-state index in [1.54, 1.807) is 0 Å². The first-order valence-corrected chi connectivity index (χ1v) is 8.88. The maximum absolute atomic E-state index is 12.1. The molecule has 2 unspecified atom stereocenters. The first kappa shape index (κ1) is 16.3. The van der Waals surface area contributed by atoms with E-state index in [1.807, 2.05) is 12.1 Å². The van der Waals surface area contributed by atoms with Crippen LogP contribution >= 0.6 is 0 Å². The number of hydrogen-bond acceptors (Lipinski definition) is 3. The first-order chi connectivity index (χ1) is 11.1. The highest BCUT2D eigenvalue weighted by Gasteiger charge is 2.33. The van der Waals surface area contributed by atoms with E-state index in [2.05, 4.69) is 36.6 Å². The fourth-order valence-corrected chi connectivity index (χ4v) is 3.69. The number of carbonyl (C=O) groups is 1. The molecule has 126 valence electrons. The lowest BCUT2D eigenvalue weighted by Gasteiger charge is -2.29. The van der Waals surface area contributed by atoms with E-state index in [4.69, 9.17) is 4.74 Å². The van der Waals surface area contributed by atoms with Crippen LogP contribution in [0.2, 0.25) is 0 Å². The van der Waals surface area contributed by atoms with Crippen LogP contribution in [-0.4, -0.2) is 30.6 Å². The molecule has 0 radical (unpaired) electrons. The molecule has 2 saturated heterocycles. The SMILES string of the molecule is CC(C)c1ccc(OCCC(=O)NC2CC3CCC(C2)N3)cc1. The molecular formula is C19H28N2O2. The molecule has 23 heavy (non-hydrogen) atoms. The molecule has 0 aliphatic carbocycles. The van der Waals surface area contributed by atoms with Gasteiger partial charge in [0.2, 0.25) is 5.91 Å². The fraction of sp³-hybridized carbons (Fsp3) is 0.632. The normalized spacial score (nSPS) is 26.3. The van der Waals surface area contributed by atoms with Gasteiger partial charge in [0, 0.05) is 18.1 Å². The van der Waals surface area contributed by atoms with Gasteiger partial charge in [-0.25, -0.2) is 0 Å². The molecule has 2 heterocycles. The van der Waals surface area contributed by atoms with Gasteiger partial charge >= 0.3 is 0 Å². The summed E-state index contributed by atoms with van der Waals surface area (Å²) >= 11 is 0. The summed E-state index contributed by atoms with van der Waals surface area (Å²) in [5.41, 5.74) is 1.30. The molecular weight excluding hydrogens is 288 g/mol. The molecule has 2 fully saturated rings. The number of carbonyl (C=O) groups excluding carboxylic acids is 1. The molecule has 0 aromatic heterocycles. The van der Waals surface area contributed by atoms with E-state index in [0.29, 0.717) is 37.1 Å². The zero-order valence-corrected chi connectivity index (χ0v) is 14.2. The highest BCUT2D eigenvalue weighted by atomic mass is 16.5. The van der Waals surface area contributed by atoms with Crippen LogP contribution in [0.1, 0.15) is 57.4 Å². The summed E-state index contributed by atoms with van der Waals surface area (Å²) in [6.07, 6.45) is 5.07. The Labute approximate surface area is 139 Å². The third kappa shape index (κ3) is 4.47. The number of rotatable bonds is 6. The van der Waals surface area contributed by atoms with Gasteiger partial charge in [-0.15, -0.1) is 0 Å². The van der Waals surface area contributed by atoms with E-state index in [1.165, 1.54) is 18.4 Å². The second-order valence-electron chi connectivity index (χ2n) is 7.20. The van der Waals surface area contributed by atoms with E-state index < -0.39 is 0 Å². The van der Waals surface area contributed by atoms with Gasteiger partial charge in [0.05, 0.1) is 13.0 Å². The van der Waals surface area contributed by atoms with Gasteiger partial charge in [0.15, 0.2) is 0 Å². The van der Waals surface area contributed by atoms with Crippen LogP contribution in [0.25, 0.3) is 0 Å². The molecule has 4 heteroatoms. The third-order valence-corrected chi connectivity index (χ3v) is 4.98. The molecule has 2 aliphatic heterocycles. The van der Waals surface area contributed by atoms with Crippen molar-refractivity contribution >= 4 is 5.91 Å². The number of piperidine rings is 1. The highest BCUT2D eigenvalue weighted by molar-refractivity contribution is 5.76. The molecule has 1 aromatic rings. The van der Waals surface area contributed by atoms with Crippen LogP contribution < -0.4 is 15.4 Å². The number of hydrogen-bond donors (Lipinski definition) is 2. The summed E-state index contributed by atoms with van der Waals surface area (Å²) in [6, 6.07) is 9.70.